The molecule has 2 rings (SSSR count). The van der Waals surface area contributed by atoms with E-state index >= 15 is 0 Å². The molecule has 1 aromatic heterocycles. The number of carbonyl (C=O) groups excluding carboxylic acids is 1. The van der Waals surface area contributed by atoms with E-state index in [0.29, 0.717) is 5.39 Å². The zero-order valence-corrected chi connectivity index (χ0v) is 11.2. The molecule has 1 unspecified atom stereocenters. The Morgan fingerprint density at radius 1 is 1.55 bits per heavy atom. The highest BCUT2D eigenvalue weighted by Gasteiger charge is 2.19. The quantitative estimate of drug-likeness (QED) is 0.499. The minimum atomic E-state index is -0.794. The number of nitro groups is 1. The molecule has 0 amide bonds. The minimum absolute atomic E-state index is 0.00406. The predicted octanol–water partition coefficient (Wildman–Crippen LogP) is 1.43. The van der Waals surface area contributed by atoms with Crippen molar-refractivity contribution in [3.8, 4) is 0 Å². The number of aromatic nitrogens is 1. The summed E-state index contributed by atoms with van der Waals surface area (Å²) in [5, 5.41) is 11.5. The number of hydrogen-bond donors (Lipinski definition) is 2. The lowest BCUT2D eigenvalue weighted by Crippen LogP contribution is -2.33. The first kappa shape index (κ1) is 14.0. The fourth-order valence-electron chi connectivity index (χ4n) is 2.20. The number of benzene rings is 1. The Kier molecular flexibility index (Phi) is 3.71. The number of H-pyrrole nitrogens is 1. The summed E-state index contributed by atoms with van der Waals surface area (Å²) in [6.45, 7) is 1.84. The molecule has 0 aliphatic rings. The predicted molar refractivity (Wildman–Crippen MR) is 73.4 cm³/mol. The van der Waals surface area contributed by atoms with Crippen LogP contribution in [0.5, 0.6) is 0 Å². The lowest BCUT2D eigenvalue weighted by atomic mass is 10.0. The van der Waals surface area contributed by atoms with E-state index < -0.39 is 16.9 Å². The second kappa shape index (κ2) is 5.30. The van der Waals surface area contributed by atoms with Crippen LogP contribution < -0.4 is 5.73 Å². The summed E-state index contributed by atoms with van der Waals surface area (Å²) in [6.07, 6.45) is 0.264. The summed E-state index contributed by atoms with van der Waals surface area (Å²) in [5.74, 6) is -0.510. The number of nitrogens with two attached hydrogens (primary N) is 1. The number of aryl methyl sites for hydroxylation is 1. The van der Waals surface area contributed by atoms with Gasteiger partial charge in [-0.2, -0.15) is 0 Å². The normalized spacial score (nSPS) is 12.3. The van der Waals surface area contributed by atoms with Gasteiger partial charge < -0.3 is 15.5 Å². The van der Waals surface area contributed by atoms with Gasteiger partial charge in [0.2, 0.25) is 0 Å². The first-order valence-electron chi connectivity index (χ1n) is 6.03. The largest absolute Gasteiger partial charge is 0.468 e. The van der Waals surface area contributed by atoms with Crippen LogP contribution in [0, 0.1) is 17.0 Å². The van der Waals surface area contributed by atoms with E-state index in [2.05, 4.69) is 9.72 Å². The lowest BCUT2D eigenvalue weighted by molar-refractivity contribution is -0.384. The average Bonchev–Trinajstić information content (AvgIpc) is 2.73. The average molecular weight is 277 g/mol. The smallest absolute Gasteiger partial charge is 0.322 e. The molecule has 20 heavy (non-hydrogen) atoms. The molecule has 0 bridgehead atoms. The zero-order chi connectivity index (χ0) is 14.9. The molecule has 0 fully saturated rings. The number of rotatable bonds is 4. The van der Waals surface area contributed by atoms with Crippen LogP contribution in [-0.2, 0) is 16.0 Å². The van der Waals surface area contributed by atoms with Crippen molar-refractivity contribution in [2.45, 2.75) is 19.4 Å². The highest BCUT2D eigenvalue weighted by Crippen LogP contribution is 2.27. The van der Waals surface area contributed by atoms with Crippen molar-refractivity contribution in [2.24, 2.45) is 5.73 Å². The number of nitro benzene ring substituents is 1. The molecule has 1 atom stereocenters. The molecular weight excluding hydrogens is 262 g/mol. The number of nitrogens with zero attached hydrogens (tertiary/aromatic N) is 1. The summed E-state index contributed by atoms with van der Waals surface area (Å²) in [5.41, 5.74) is 8.16. The summed E-state index contributed by atoms with van der Waals surface area (Å²) >= 11 is 0. The fourth-order valence-corrected chi connectivity index (χ4v) is 2.20. The molecule has 2 aromatic rings. The van der Waals surface area contributed by atoms with Crippen LogP contribution in [0.3, 0.4) is 0 Å². The molecule has 7 nitrogen and oxygen atoms in total. The van der Waals surface area contributed by atoms with Crippen LogP contribution in [0.25, 0.3) is 10.9 Å². The Morgan fingerprint density at radius 3 is 2.85 bits per heavy atom. The number of aromatic amines is 1. The molecule has 3 N–H and O–H groups in total. The highest BCUT2D eigenvalue weighted by atomic mass is 16.6. The van der Waals surface area contributed by atoms with Gasteiger partial charge in [0.05, 0.1) is 12.0 Å². The maximum absolute atomic E-state index is 11.4. The van der Waals surface area contributed by atoms with E-state index in [1.54, 1.807) is 6.07 Å². The van der Waals surface area contributed by atoms with Gasteiger partial charge in [-0.3, -0.25) is 14.9 Å². The Balaban J connectivity index is 2.46. The van der Waals surface area contributed by atoms with Crippen molar-refractivity contribution in [1.82, 2.24) is 4.98 Å². The van der Waals surface area contributed by atoms with Gasteiger partial charge in [0.1, 0.15) is 6.04 Å². The number of carbonyl (C=O) groups is 1. The summed E-state index contributed by atoms with van der Waals surface area (Å²) in [6, 6.07) is 3.77. The van der Waals surface area contributed by atoms with E-state index in [9.17, 15) is 14.9 Å². The summed E-state index contributed by atoms with van der Waals surface area (Å²) in [4.78, 5) is 24.9. The number of non-ortho nitro benzene ring substituents is 1. The number of ether oxygens (including phenoxy) is 1. The SMILES string of the molecule is COC(=O)C(N)Cc1c(C)[nH]c2ccc([N+](=O)[O-])cc12. The summed E-state index contributed by atoms with van der Waals surface area (Å²) < 4.78 is 4.59. The monoisotopic (exact) mass is 277 g/mol. The van der Waals surface area contributed by atoms with E-state index in [0.717, 1.165) is 16.8 Å². The van der Waals surface area contributed by atoms with Gasteiger partial charge in [-0.15, -0.1) is 0 Å². The Morgan fingerprint density at radius 2 is 2.25 bits per heavy atom. The third-order valence-electron chi connectivity index (χ3n) is 3.24. The van der Waals surface area contributed by atoms with Crippen molar-refractivity contribution in [2.75, 3.05) is 7.11 Å². The molecule has 1 aromatic carbocycles. The number of nitrogens with one attached hydrogen (secondary N) is 1. The van der Waals surface area contributed by atoms with Crippen molar-refractivity contribution < 1.29 is 14.5 Å². The molecule has 0 radical (unpaired) electrons. The molecule has 1 heterocycles. The fraction of sp³-hybridized carbons (Fsp3) is 0.308. The number of esters is 1. The van der Waals surface area contributed by atoms with Crippen molar-refractivity contribution >= 4 is 22.6 Å². The maximum Gasteiger partial charge on any atom is 0.322 e. The standard InChI is InChI=1S/C13H15N3O4/c1-7-9(6-11(14)13(17)20-2)10-5-8(16(18)19)3-4-12(10)15-7/h3-5,11,15H,6,14H2,1-2H3. The molecule has 0 aliphatic carbocycles. The zero-order valence-electron chi connectivity index (χ0n) is 11.2. The molecular formula is C13H15N3O4. The van der Waals surface area contributed by atoms with Gasteiger partial charge in [0, 0.05) is 35.2 Å². The second-order valence-electron chi connectivity index (χ2n) is 4.55. The van der Waals surface area contributed by atoms with Crippen molar-refractivity contribution in [3.05, 3.63) is 39.6 Å². The topological polar surface area (TPSA) is 111 Å². The van der Waals surface area contributed by atoms with Crippen molar-refractivity contribution in [1.29, 1.82) is 0 Å². The third-order valence-corrected chi connectivity index (χ3v) is 3.24. The minimum Gasteiger partial charge on any atom is -0.468 e. The van der Waals surface area contributed by atoms with Gasteiger partial charge in [-0.25, -0.2) is 0 Å². The lowest BCUT2D eigenvalue weighted by Gasteiger charge is -2.09. The number of hydrogen-bond acceptors (Lipinski definition) is 5. The van der Waals surface area contributed by atoms with Crippen LogP contribution in [0.4, 0.5) is 5.69 Å². The van der Waals surface area contributed by atoms with Crippen LogP contribution in [0.15, 0.2) is 18.2 Å². The number of methoxy groups -OCH3 is 1. The maximum atomic E-state index is 11.4. The molecule has 0 saturated heterocycles. The van der Waals surface area contributed by atoms with Crippen LogP contribution in [0.2, 0.25) is 0 Å². The van der Waals surface area contributed by atoms with Crippen LogP contribution >= 0.6 is 0 Å². The van der Waals surface area contributed by atoms with Gasteiger partial charge in [0.25, 0.3) is 5.69 Å². The van der Waals surface area contributed by atoms with Gasteiger partial charge in [0.15, 0.2) is 0 Å². The van der Waals surface area contributed by atoms with Gasteiger partial charge >= 0.3 is 5.97 Å². The Labute approximate surface area is 114 Å². The number of fused-ring (bicyclic) bond motifs is 1. The van der Waals surface area contributed by atoms with E-state index in [4.69, 9.17) is 5.73 Å². The molecule has 7 heteroatoms. The highest BCUT2D eigenvalue weighted by molar-refractivity contribution is 5.87. The molecule has 0 saturated carbocycles. The molecule has 0 aliphatic heterocycles. The van der Waals surface area contributed by atoms with Crippen LogP contribution in [-0.4, -0.2) is 29.0 Å². The first-order valence-corrected chi connectivity index (χ1v) is 6.03. The van der Waals surface area contributed by atoms with Gasteiger partial charge in [-0.05, 0) is 18.6 Å². The van der Waals surface area contributed by atoms with Gasteiger partial charge in [-0.1, -0.05) is 0 Å². The summed E-state index contributed by atoms with van der Waals surface area (Å²) in [7, 11) is 1.27. The van der Waals surface area contributed by atoms with E-state index in [1.165, 1.54) is 19.2 Å². The second-order valence-corrected chi connectivity index (χ2v) is 4.55. The first-order chi connectivity index (χ1) is 9.43. The van der Waals surface area contributed by atoms with Crippen LogP contribution in [0.1, 0.15) is 11.3 Å². The van der Waals surface area contributed by atoms with E-state index in [-0.39, 0.29) is 12.1 Å². The van der Waals surface area contributed by atoms with Crippen molar-refractivity contribution in [3.63, 3.8) is 0 Å². The third kappa shape index (κ3) is 2.48. The van der Waals surface area contributed by atoms with E-state index in [1.807, 2.05) is 6.92 Å². The molecule has 106 valence electrons. The Hall–Kier alpha value is -2.41. The Bertz CT molecular complexity index is 678. The molecule has 0 spiro atoms.